The molecule has 0 bridgehead atoms. The lowest BCUT2D eigenvalue weighted by Gasteiger charge is -2.36. The van der Waals surface area contributed by atoms with Crippen LogP contribution in [0.5, 0.6) is 0 Å². The van der Waals surface area contributed by atoms with Gasteiger partial charge in [0.15, 0.2) is 0 Å². The zero-order valence-corrected chi connectivity index (χ0v) is 39.8. The van der Waals surface area contributed by atoms with Crippen molar-refractivity contribution in [2.24, 2.45) is 0 Å². The van der Waals surface area contributed by atoms with Crippen LogP contribution in [-0.4, -0.2) is 16.1 Å². The molecular formula is C59H52F2N2Si2. The summed E-state index contributed by atoms with van der Waals surface area (Å²) >= 11 is 0. The number of benzene rings is 9. The number of hydrogen-bond acceptors (Lipinski definition) is 2. The number of hydrogen-bond donors (Lipinski definition) is 0. The second-order valence-corrected chi connectivity index (χ2v) is 29.4. The molecule has 6 heteroatoms. The molecular weight excluding hydrogens is 831 g/mol. The monoisotopic (exact) mass is 882 g/mol. The summed E-state index contributed by atoms with van der Waals surface area (Å²) in [6.07, 6.45) is 0. The molecule has 0 unspecified atom stereocenters. The van der Waals surface area contributed by atoms with Crippen LogP contribution in [0.4, 0.5) is 42.9 Å². The number of nitrogens with zero attached hydrogens (tertiary/aromatic N) is 2. The average molecular weight is 883 g/mol. The Hall–Kier alpha value is -6.87. The van der Waals surface area contributed by atoms with Crippen LogP contribution in [0.25, 0.3) is 21.9 Å². The fraction of sp³-hybridized carbons (Fsp3) is 0.119. The molecule has 0 N–H and O–H groups in total. The summed E-state index contributed by atoms with van der Waals surface area (Å²) in [5.74, 6) is -0.551. The molecule has 0 radical (unpaired) electrons. The molecule has 9 aromatic rings. The van der Waals surface area contributed by atoms with Crippen LogP contribution >= 0.6 is 0 Å². The number of rotatable bonds is 10. The third-order valence-electron chi connectivity index (χ3n) is 13.2. The Labute approximate surface area is 384 Å². The number of fused-ring (bicyclic) bond motifs is 5. The normalized spacial score (nSPS) is 13.0. The lowest BCUT2D eigenvalue weighted by Crippen LogP contribution is -2.37. The van der Waals surface area contributed by atoms with Gasteiger partial charge in [-0.15, -0.1) is 0 Å². The second kappa shape index (κ2) is 16.3. The van der Waals surface area contributed by atoms with Crippen LogP contribution in [-0.2, 0) is 5.41 Å². The summed E-state index contributed by atoms with van der Waals surface area (Å²) in [7, 11) is -3.18. The first-order valence-electron chi connectivity index (χ1n) is 22.5. The Morgan fingerprint density at radius 1 is 0.369 bits per heavy atom. The molecule has 0 saturated carbocycles. The highest BCUT2D eigenvalue weighted by Gasteiger charge is 2.48. The van der Waals surface area contributed by atoms with Crippen LogP contribution in [0.2, 0.25) is 39.3 Å². The van der Waals surface area contributed by atoms with E-state index >= 15 is 0 Å². The van der Waals surface area contributed by atoms with Crippen LogP contribution in [0.15, 0.2) is 206 Å². The van der Waals surface area contributed by atoms with Crippen molar-refractivity contribution in [3.63, 3.8) is 0 Å². The first-order valence-corrected chi connectivity index (χ1v) is 29.5. The Kier molecular flexibility index (Phi) is 10.6. The third-order valence-corrected chi connectivity index (χ3v) is 17.3. The fourth-order valence-corrected chi connectivity index (χ4v) is 12.2. The molecule has 0 saturated heterocycles. The van der Waals surface area contributed by atoms with E-state index in [2.05, 4.69) is 207 Å². The Morgan fingerprint density at radius 3 is 1.23 bits per heavy atom. The maximum Gasteiger partial charge on any atom is 0.123 e. The van der Waals surface area contributed by atoms with Crippen LogP contribution in [0.1, 0.15) is 22.3 Å². The summed E-state index contributed by atoms with van der Waals surface area (Å²) in [6, 6.07) is 71.4. The predicted octanol–water partition coefficient (Wildman–Crippen LogP) is 15.5. The van der Waals surface area contributed by atoms with Gasteiger partial charge in [0, 0.05) is 33.8 Å². The molecule has 10 rings (SSSR count). The number of anilines is 6. The Morgan fingerprint density at radius 2 is 0.769 bits per heavy atom. The molecule has 0 aromatic heterocycles. The molecule has 1 aliphatic rings. The van der Waals surface area contributed by atoms with Crippen molar-refractivity contribution in [1.29, 1.82) is 0 Å². The van der Waals surface area contributed by atoms with E-state index < -0.39 is 21.6 Å². The zero-order chi connectivity index (χ0) is 45.1. The Balaban J connectivity index is 1.29. The van der Waals surface area contributed by atoms with E-state index in [9.17, 15) is 8.78 Å². The van der Waals surface area contributed by atoms with Crippen molar-refractivity contribution >= 4 is 71.4 Å². The highest BCUT2D eigenvalue weighted by molar-refractivity contribution is 6.89. The van der Waals surface area contributed by atoms with Gasteiger partial charge in [-0.2, -0.15) is 0 Å². The molecule has 1 aliphatic carbocycles. The van der Waals surface area contributed by atoms with E-state index in [-0.39, 0.29) is 11.6 Å². The van der Waals surface area contributed by atoms with Gasteiger partial charge in [-0.1, -0.05) is 165 Å². The molecule has 320 valence electrons. The second-order valence-electron chi connectivity index (χ2n) is 19.3. The first-order chi connectivity index (χ1) is 31.3. The van der Waals surface area contributed by atoms with E-state index in [1.165, 1.54) is 15.9 Å². The van der Waals surface area contributed by atoms with E-state index in [0.29, 0.717) is 0 Å². The fourth-order valence-electron chi connectivity index (χ4n) is 9.91. The maximum atomic E-state index is 14.8. The highest BCUT2D eigenvalue weighted by atomic mass is 28.3. The number of halogens is 2. The lowest BCUT2D eigenvalue weighted by molar-refractivity contribution is 0.627. The van der Waals surface area contributed by atoms with Crippen molar-refractivity contribution in [2.75, 3.05) is 9.80 Å². The summed E-state index contributed by atoms with van der Waals surface area (Å²) in [6.45, 7) is 14.2. The maximum absolute atomic E-state index is 14.8. The van der Waals surface area contributed by atoms with Gasteiger partial charge in [0.05, 0.1) is 27.3 Å². The van der Waals surface area contributed by atoms with Crippen molar-refractivity contribution < 1.29 is 8.78 Å². The third kappa shape index (κ3) is 7.41. The molecule has 65 heavy (non-hydrogen) atoms. The Bertz CT molecular complexity index is 3120. The predicted molar refractivity (Wildman–Crippen MR) is 276 cm³/mol. The van der Waals surface area contributed by atoms with Crippen LogP contribution < -0.4 is 20.2 Å². The highest BCUT2D eigenvalue weighted by Crippen LogP contribution is 2.60. The van der Waals surface area contributed by atoms with E-state index in [1.54, 1.807) is 24.3 Å². The molecule has 0 atom stereocenters. The van der Waals surface area contributed by atoms with Crippen molar-refractivity contribution in [3.8, 4) is 11.1 Å². The summed E-state index contributed by atoms with van der Waals surface area (Å²) in [5, 5.41) is 4.97. The van der Waals surface area contributed by atoms with E-state index in [0.717, 1.165) is 72.7 Å². The minimum absolute atomic E-state index is 0.274. The molecule has 0 fully saturated rings. The van der Waals surface area contributed by atoms with Gasteiger partial charge < -0.3 is 9.80 Å². The minimum atomic E-state index is -1.60. The topological polar surface area (TPSA) is 6.48 Å². The summed E-state index contributed by atoms with van der Waals surface area (Å²) < 4.78 is 29.4. The smallest absolute Gasteiger partial charge is 0.123 e. The van der Waals surface area contributed by atoms with Crippen LogP contribution in [0, 0.1) is 11.6 Å². The van der Waals surface area contributed by atoms with E-state index in [1.807, 2.05) is 24.3 Å². The standard InChI is InChI=1S/C59H52F2N2Si2/c1-64(2,3)50-34-29-46(30-35-50)62(45-25-21-43(60)22-26-45)49-33-38-54-55(39-49)59(41-15-9-7-10-16-41,42-17-11-8-12-18-42)56-40-57(52-19-13-14-20-53(52)58(54)56)63(47-27-23-44(61)24-28-47)48-31-36-51(37-32-48)65(4,5)6/h7-40H,1-6H3. The van der Waals surface area contributed by atoms with Gasteiger partial charge in [0.25, 0.3) is 0 Å². The van der Waals surface area contributed by atoms with Crippen molar-refractivity contribution in [2.45, 2.75) is 44.7 Å². The molecule has 9 aromatic carbocycles. The van der Waals surface area contributed by atoms with Gasteiger partial charge in [0.1, 0.15) is 11.6 Å². The molecule has 0 spiro atoms. The lowest BCUT2D eigenvalue weighted by atomic mass is 9.67. The molecule has 0 aliphatic heterocycles. The van der Waals surface area contributed by atoms with Gasteiger partial charge >= 0.3 is 0 Å². The SMILES string of the molecule is C[Si](C)(C)c1ccc(N(c2ccc(F)cc2)c2ccc3c(c2)C(c2ccccc2)(c2ccccc2)c2cc(N(c4ccc(F)cc4)c4ccc([Si](C)(C)C)cc4)c4ccccc4c2-3)cc1. The molecule has 2 nitrogen and oxygen atoms in total. The van der Waals surface area contributed by atoms with E-state index in [4.69, 9.17) is 0 Å². The molecule has 0 amide bonds. The summed E-state index contributed by atoms with van der Waals surface area (Å²) in [5.41, 5.74) is 11.9. The summed E-state index contributed by atoms with van der Waals surface area (Å²) in [4.78, 5) is 4.55. The first kappa shape index (κ1) is 42.1. The largest absolute Gasteiger partial charge is 0.310 e. The van der Waals surface area contributed by atoms with Crippen LogP contribution in [0.3, 0.4) is 0 Å². The van der Waals surface area contributed by atoms with Gasteiger partial charge in [-0.3, -0.25) is 0 Å². The van der Waals surface area contributed by atoms with Gasteiger partial charge in [-0.25, -0.2) is 8.78 Å². The van der Waals surface area contributed by atoms with Gasteiger partial charge in [0.2, 0.25) is 0 Å². The van der Waals surface area contributed by atoms with Crippen molar-refractivity contribution in [3.05, 3.63) is 240 Å². The quantitative estimate of drug-likeness (QED) is 0.126. The average Bonchev–Trinajstić information content (AvgIpc) is 3.61. The zero-order valence-electron chi connectivity index (χ0n) is 37.8. The van der Waals surface area contributed by atoms with Crippen molar-refractivity contribution in [1.82, 2.24) is 0 Å². The molecule has 0 heterocycles. The van der Waals surface area contributed by atoms with Gasteiger partial charge in [-0.05, 0) is 130 Å². The minimum Gasteiger partial charge on any atom is -0.310 e.